The third-order valence-electron chi connectivity index (χ3n) is 2.87. The van der Waals surface area contributed by atoms with E-state index in [0.29, 0.717) is 4.47 Å². The number of nitrogens with one attached hydrogen (secondary N) is 1. The van der Waals surface area contributed by atoms with Crippen molar-refractivity contribution in [1.82, 2.24) is 5.32 Å². The molecule has 8 heteroatoms. The van der Waals surface area contributed by atoms with Gasteiger partial charge in [0.05, 0.1) is 4.92 Å². The van der Waals surface area contributed by atoms with Gasteiger partial charge in [-0.3, -0.25) is 14.9 Å². The standard InChI is InChI=1S/C14H9BrClFN2O3/c15-9-5-4-8(12(17)6-9)7-18-14(20)10-2-1-3-11(16)13(10)19(21)22/h1-6H,7H2,(H,18,20). The number of hydrogen-bond acceptors (Lipinski definition) is 3. The highest BCUT2D eigenvalue weighted by Crippen LogP contribution is 2.28. The zero-order valence-electron chi connectivity index (χ0n) is 11.0. The van der Waals surface area contributed by atoms with Gasteiger partial charge in [-0.2, -0.15) is 0 Å². The van der Waals surface area contributed by atoms with Gasteiger partial charge in [-0.25, -0.2) is 4.39 Å². The van der Waals surface area contributed by atoms with Crippen LogP contribution in [-0.2, 0) is 6.54 Å². The zero-order valence-corrected chi connectivity index (χ0v) is 13.3. The molecule has 22 heavy (non-hydrogen) atoms. The van der Waals surface area contributed by atoms with Crippen LogP contribution in [0.2, 0.25) is 5.02 Å². The molecule has 0 radical (unpaired) electrons. The average molecular weight is 388 g/mol. The van der Waals surface area contributed by atoms with E-state index in [1.54, 1.807) is 6.07 Å². The van der Waals surface area contributed by atoms with Gasteiger partial charge in [0, 0.05) is 16.6 Å². The fourth-order valence-electron chi connectivity index (χ4n) is 1.82. The molecule has 0 aliphatic rings. The lowest BCUT2D eigenvalue weighted by molar-refractivity contribution is -0.385. The van der Waals surface area contributed by atoms with Crippen LogP contribution in [0.3, 0.4) is 0 Å². The largest absolute Gasteiger partial charge is 0.348 e. The molecule has 0 atom stereocenters. The third-order valence-corrected chi connectivity index (χ3v) is 3.67. The SMILES string of the molecule is O=C(NCc1ccc(Br)cc1F)c1cccc(Cl)c1[N+](=O)[O-]. The number of nitro groups is 1. The summed E-state index contributed by atoms with van der Waals surface area (Å²) in [6.07, 6.45) is 0. The van der Waals surface area contributed by atoms with Crippen LogP contribution in [0.25, 0.3) is 0 Å². The summed E-state index contributed by atoms with van der Waals surface area (Å²) < 4.78 is 14.2. The Bertz CT molecular complexity index is 755. The fourth-order valence-corrected chi connectivity index (χ4v) is 2.40. The monoisotopic (exact) mass is 386 g/mol. The van der Waals surface area contributed by atoms with Gasteiger partial charge in [-0.1, -0.05) is 39.7 Å². The van der Waals surface area contributed by atoms with E-state index in [1.165, 1.54) is 30.3 Å². The van der Waals surface area contributed by atoms with Crippen molar-refractivity contribution in [2.45, 2.75) is 6.54 Å². The molecule has 2 aromatic carbocycles. The van der Waals surface area contributed by atoms with Crippen molar-refractivity contribution in [2.24, 2.45) is 0 Å². The van der Waals surface area contributed by atoms with Crippen molar-refractivity contribution < 1.29 is 14.1 Å². The van der Waals surface area contributed by atoms with Crippen molar-refractivity contribution in [3.63, 3.8) is 0 Å². The molecule has 1 amide bonds. The lowest BCUT2D eigenvalue weighted by Crippen LogP contribution is -2.24. The molecule has 2 aromatic rings. The first-order chi connectivity index (χ1) is 10.4. The molecule has 0 aliphatic carbocycles. The van der Waals surface area contributed by atoms with Gasteiger partial charge in [0.15, 0.2) is 0 Å². The summed E-state index contributed by atoms with van der Waals surface area (Å²) in [7, 11) is 0. The highest BCUT2D eigenvalue weighted by atomic mass is 79.9. The third kappa shape index (κ3) is 3.61. The van der Waals surface area contributed by atoms with E-state index in [-0.39, 0.29) is 22.7 Å². The zero-order chi connectivity index (χ0) is 16.3. The average Bonchev–Trinajstić information content (AvgIpc) is 2.45. The molecular weight excluding hydrogens is 379 g/mol. The normalized spacial score (nSPS) is 10.3. The van der Waals surface area contributed by atoms with E-state index in [2.05, 4.69) is 21.2 Å². The molecule has 0 heterocycles. The van der Waals surface area contributed by atoms with Crippen LogP contribution in [0.4, 0.5) is 10.1 Å². The van der Waals surface area contributed by atoms with E-state index >= 15 is 0 Å². The molecule has 0 spiro atoms. The highest BCUT2D eigenvalue weighted by Gasteiger charge is 2.23. The number of nitrogens with zero attached hydrogens (tertiary/aromatic N) is 1. The maximum Gasteiger partial charge on any atom is 0.300 e. The molecular formula is C14H9BrClFN2O3. The minimum absolute atomic E-state index is 0.0956. The second kappa shape index (κ2) is 6.85. The van der Waals surface area contributed by atoms with Gasteiger partial charge in [0.1, 0.15) is 16.4 Å². The van der Waals surface area contributed by atoms with Gasteiger partial charge in [0.2, 0.25) is 0 Å². The Hall–Kier alpha value is -1.99. The highest BCUT2D eigenvalue weighted by molar-refractivity contribution is 9.10. The van der Waals surface area contributed by atoms with Crippen molar-refractivity contribution in [3.8, 4) is 0 Å². The van der Waals surface area contributed by atoms with Crippen LogP contribution < -0.4 is 5.32 Å². The lowest BCUT2D eigenvalue weighted by Gasteiger charge is -2.08. The topological polar surface area (TPSA) is 72.2 Å². The number of carbonyl (C=O) groups excluding carboxylic acids is 1. The number of para-hydroxylation sites is 1. The summed E-state index contributed by atoms with van der Waals surface area (Å²) in [6.45, 7) is -0.0956. The molecule has 114 valence electrons. The molecule has 0 saturated carbocycles. The van der Waals surface area contributed by atoms with Gasteiger partial charge in [-0.15, -0.1) is 0 Å². The number of amides is 1. The Labute approximate surface area is 138 Å². The summed E-state index contributed by atoms with van der Waals surface area (Å²) in [4.78, 5) is 22.3. The number of halogens is 3. The summed E-state index contributed by atoms with van der Waals surface area (Å²) in [5.74, 6) is -1.19. The number of benzene rings is 2. The maximum absolute atomic E-state index is 13.7. The van der Waals surface area contributed by atoms with Crippen LogP contribution in [0.15, 0.2) is 40.9 Å². The summed E-state index contributed by atoms with van der Waals surface area (Å²) >= 11 is 8.87. The number of hydrogen-bond donors (Lipinski definition) is 1. The van der Waals surface area contributed by atoms with Crippen molar-refractivity contribution in [1.29, 1.82) is 0 Å². The van der Waals surface area contributed by atoms with Crippen molar-refractivity contribution in [3.05, 3.63) is 73.0 Å². The van der Waals surface area contributed by atoms with Crippen LogP contribution in [0.1, 0.15) is 15.9 Å². The number of nitro benzene ring substituents is 1. The summed E-state index contributed by atoms with van der Waals surface area (Å²) in [5.41, 5.74) is -0.380. The van der Waals surface area contributed by atoms with Crippen LogP contribution in [-0.4, -0.2) is 10.8 Å². The smallest absolute Gasteiger partial charge is 0.300 e. The van der Waals surface area contributed by atoms with Crippen LogP contribution in [0, 0.1) is 15.9 Å². The first-order valence-corrected chi connectivity index (χ1v) is 7.22. The first kappa shape index (κ1) is 16.4. The van der Waals surface area contributed by atoms with E-state index in [1.807, 2.05) is 0 Å². The summed E-state index contributed by atoms with van der Waals surface area (Å²) in [5, 5.41) is 13.3. The van der Waals surface area contributed by atoms with E-state index in [0.717, 1.165) is 0 Å². The maximum atomic E-state index is 13.7. The van der Waals surface area contributed by atoms with E-state index in [4.69, 9.17) is 11.6 Å². The van der Waals surface area contributed by atoms with E-state index < -0.39 is 22.3 Å². The molecule has 0 saturated heterocycles. The van der Waals surface area contributed by atoms with Crippen LogP contribution >= 0.6 is 27.5 Å². The van der Waals surface area contributed by atoms with Crippen molar-refractivity contribution >= 4 is 39.1 Å². The Morgan fingerprint density at radius 3 is 2.73 bits per heavy atom. The van der Waals surface area contributed by atoms with Gasteiger partial charge in [0.25, 0.3) is 5.91 Å². The molecule has 5 nitrogen and oxygen atoms in total. The predicted molar refractivity (Wildman–Crippen MR) is 83.4 cm³/mol. The Kier molecular flexibility index (Phi) is 5.10. The Morgan fingerprint density at radius 1 is 1.36 bits per heavy atom. The van der Waals surface area contributed by atoms with Gasteiger partial charge < -0.3 is 5.32 Å². The van der Waals surface area contributed by atoms with Gasteiger partial charge >= 0.3 is 5.69 Å². The second-order valence-electron chi connectivity index (χ2n) is 4.31. The second-order valence-corrected chi connectivity index (χ2v) is 5.63. The molecule has 0 bridgehead atoms. The van der Waals surface area contributed by atoms with E-state index in [9.17, 15) is 19.3 Å². The molecule has 0 fully saturated rings. The Morgan fingerprint density at radius 2 is 2.09 bits per heavy atom. The van der Waals surface area contributed by atoms with Crippen LogP contribution in [0.5, 0.6) is 0 Å². The fraction of sp³-hybridized carbons (Fsp3) is 0.0714. The Balaban J connectivity index is 2.20. The summed E-state index contributed by atoms with van der Waals surface area (Å²) in [6, 6.07) is 8.45. The first-order valence-electron chi connectivity index (χ1n) is 6.05. The lowest BCUT2D eigenvalue weighted by atomic mass is 10.1. The number of carbonyl (C=O) groups is 1. The van der Waals surface area contributed by atoms with Crippen molar-refractivity contribution in [2.75, 3.05) is 0 Å². The minimum Gasteiger partial charge on any atom is -0.348 e. The minimum atomic E-state index is -0.725. The molecule has 0 aliphatic heterocycles. The molecule has 2 rings (SSSR count). The molecule has 0 aromatic heterocycles. The predicted octanol–water partition coefficient (Wildman–Crippen LogP) is 4.08. The molecule has 1 N–H and O–H groups in total. The van der Waals surface area contributed by atoms with Gasteiger partial charge in [-0.05, 0) is 24.3 Å². The number of rotatable bonds is 4. The quantitative estimate of drug-likeness (QED) is 0.634. The molecule has 0 unspecified atom stereocenters.